The van der Waals surface area contributed by atoms with Crippen LogP contribution in [0.4, 0.5) is 10.1 Å². The molecule has 4 aromatic rings. The van der Waals surface area contributed by atoms with Gasteiger partial charge in [-0.3, -0.25) is 9.59 Å². The molecule has 3 aromatic carbocycles. The minimum Gasteiger partial charge on any atom is -0.497 e. The van der Waals surface area contributed by atoms with Crippen LogP contribution in [0.5, 0.6) is 5.75 Å². The van der Waals surface area contributed by atoms with Gasteiger partial charge in [-0.2, -0.15) is 4.37 Å². The Balaban J connectivity index is 1.58. The monoisotopic (exact) mass is 592 g/mol. The van der Waals surface area contributed by atoms with Crippen molar-refractivity contribution >= 4 is 40.6 Å². The molecule has 1 fully saturated rings. The Hall–Kier alpha value is -3.95. The van der Waals surface area contributed by atoms with E-state index in [1.807, 2.05) is 18.2 Å². The van der Waals surface area contributed by atoms with Crippen molar-refractivity contribution in [2.45, 2.75) is 44.3 Å². The van der Waals surface area contributed by atoms with E-state index in [1.54, 1.807) is 49.6 Å². The van der Waals surface area contributed by atoms with Crippen LogP contribution in [0.25, 0.3) is 11.3 Å². The molecule has 10 heteroatoms. The molecule has 0 radical (unpaired) electrons. The SMILES string of the molecule is COc1ccc(C(C(=O)NC2CCCC2)N(Cc2ccccc2Cl)C(=O)c2snc(-c3ccc(F)cc3)c2N)cc1. The van der Waals surface area contributed by atoms with Crippen molar-refractivity contribution in [3.05, 3.63) is 99.6 Å². The molecule has 1 saturated carbocycles. The van der Waals surface area contributed by atoms with E-state index in [4.69, 9.17) is 22.1 Å². The Labute approximate surface area is 247 Å². The number of methoxy groups -OCH3 is 1. The number of rotatable bonds is 9. The molecule has 1 unspecified atom stereocenters. The molecule has 1 heterocycles. The zero-order valence-corrected chi connectivity index (χ0v) is 24.1. The fourth-order valence-corrected chi connectivity index (χ4v) is 6.07. The van der Waals surface area contributed by atoms with Gasteiger partial charge in [0, 0.05) is 23.2 Å². The fraction of sp³-hybridized carbons (Fsp3) is 0.258. The molecule has 212 valence electrons. The summed E-state index contributed by atoms with van der Waals surface area (Å²) in [6.07, 6.45) is 3.87. The highest BCUT2D eigenvalue weighted by atomic mass is 35.5. The van der Waals surface area contributed by atoms with Gasteiger partial charge < -0.3 is 20.7 Å². The first-order valence-corrected chi connectivity index (χ1v) is 14.5. The highest BCUT2D eigenvalue weighted by Crippen LogP contribution is 2.35. The number of anilines is 1. The third-order valence-electron chi connectivity index (χ3n) is 7.29. The van der Waals surface area contributed by atoms with Gasteiger partial charge in [-0.05, 0) is 78.0 Å². The van der Waals surface area contributed by atoms with Crippen LogP contribution in [-0.4, -0.2) is 34.2 Å². The van der Waals surface area contributed by atoms with Crippen molar-refractivity contribution in [2.24, 2.45) is 0 Å². The standard InChI is InChI=1S/C31H30ClFN4O3S/c1-40-24-16-12-20(13-17-24)28(30(38)35-23-7-3-4-8-23)37(18-21-6-2-5-9-25(21)32)31(39)29-26(34)27(36-41-29)19-10-14-22(33)15-11-19/h2,5-6,9-17,23,28H,3-4,7-8,18,34H2,1H3,(H,35,38). The lowest BCUT2D eigenvalue weighted by Gasteiger charge is -2.32. The van der Waals surface area contributed by atoms with Crippen molar-refractivity contribution in [3.63, 3.8) is 0 Å². The average Bonchev–Trinajstić information content (AvgIpc) is 3.63. The molecule has 7 nitrogen and oxygen atoms in total. The third-order valence-corrected chi connectivity index (χ3v) is 8.51. The highest BCUT2D eigenvalue weighted by Gasteiger charge is 2.36. The second-order valence-corrected chi connectivity index (χ2v) is 11.2. The Kier molecular flexibility index (Phi) is 8.85. The number of carbonyl (C=O) groups excluding carboxylic acids is 2. The van der Waals surface area contributed by atoms with Crippen molar-refractivity contribution in [1.29, 1.82) is 0 Å². The minimum atomic E-state index is -0.985. The molecule has 0 saturated heterocycles. The fourth-order valence-electron chi connectivity index (χ4n) is 5.10. The van der Waals surface area contributed by atoms with E-state index in [9.17, 15) is 14.0 Å². The number of nitrogens with zero attached hydrogens (tertiary/aromatic N) is 2. The van der Waals surface area contributed by atoms with Gasteiger partial charge in [0.15, 0.2) is 0 Å². The number of halogens is 2. The third kappa shape index (κ3) is 6.36. The molecule has 41 heavy (non-hydrogen) atoms. The number of carbonyl (C=O) groups is 2. The lowest BCUT2D eigenvalue weighted by Crippen LogP contribution is -2.45. The smallest absolute Gasteiger partial charge is 0.268 e. The molecule has 3 N–H and O–H groups in total. The Bertz CT molecular complexity index is 1520. The number of aromatic nitrogens is 1. The van der Waals surface area contributed by atoms with Gasteiger partial charge >= 0.3 is 0 Å². The van der Waals surface area contributed by atoms with Gasteiger partial charge in [0.25, 0.3) is 5.91 Å². The quantitative estimate of drug-likeness (QED) is 0.227. The predicted octanol–water partition coefficient (Wildman–Crippen LogP) is 6.64. The van der Waals surface area contributed by atoms with Crippen molar-refractivity contribution < 1.29 is 18.7 Å². The van der Waals surface area contributed by atoms with Crippen LogP contribution in [-0.2, 0) is 11.3 Å². The Morgan fingerprint density at radius 3 is 2.44 bits per heavy atom. The van der Waals surface area contributed by atoms with Gasteiger partial charge in [-0.25, -0.2) is 4.39 Å². The van der Waals surface area contributed by atoms with E-state index in [-0.39, 0.29) is 34.9 Å². The van der Waals surface area contributed by atoms with E-state index >= 15 is 0 Å². The first-order valence-electron chi connectivity index (χ1n) is 13.4. The summed E-state index contributed by atoms with van der Waals surface area (Å²) in [6, 6.07) is 19.1. The number of hydrogen-bond donors (Lipinski definition) is 2. The van der Waals surface area contributed by atoms with Crippen LogP contribution in [0, 0.1) is 5.82 Å². The highest BCUT2D eigenvalue weighted by molar-refractivity contribution is 7.09. The number of nitrogen functional groups attached to an aromatic ring is 1. The number of benzene rings is 3. The summed E-state index contributed by atoms with van der Waals surface area (Å²) in [4.78, 5) is 30.0. The summed E-state index contributed by atoms with van der Waals surface area (Å²) in [5.74, 6) is -0.510. The van der Waals surface area contributed by atoms with Gasteiger partial charge in [-0.1, -0.05) is 54.8 Å². The van der Waals surface area contributed by atoms with E-state index < -0.39 is 11.9 Å². The number of nitrogens with one attached hydrogen (secondary N) is 1. The summed E-state index contributed by atoms with van der Waals surface area (Å²) < 4.78 is 23.3. The molecule has 1 aliphatic rings. The lowest BCUT2D eigenvalue weighted by atomic mass is 10.0. The van der Waals surface area contributed by atoms with E-state index in [2.05, 4.69) is 9.69 Å². The van der Waals surface area contributed by atoms with Crippen molar-refractivity contribution in [1.82, 2.24) is 14.6 Å². The molecular formula is C31H30ClFN4O3S. The van der Waals surface area contributed by atoms with Crippen LogP contribution in [0.3, 0.4) is 0 Å². The normalized spacial score (nSPS) is 14.0. The van der Waals surface area contributed by atoms with E-state index in [1.165, 1.54) is 17.0 Å². The topological polar surface area (TPSA) is 97.5 Å². The molecule has 1 aliphatic carbocycles. The second-order valence-electron chi connectivity index (χ2n) is 9.97. The van der Waals surface area contributed by atoms with Crippen LogP contribution in [0.2, 0.25) is 5.02 Å². The molecule has 0 aliphatic heterocycles. The Morgan fingerprint density at radius 1 is 1.10 bits per heavy atom. The molecule has 1 aromatic heterocycles. The lowest BCUT2D eigenvalue weighted by molar-refractivity contribution is -0.126. The summed E-state index contributed by atoms with van der Waals surface area (Å²) in [5, 5.41) is 3.64. The maximum atomic E-state index is 14.4. The first-order chi connectivity index (χ1) is 19.9. The maximum Gasteiger partial charge on any atom is 0.268 e. The van der Waals surface area contributed by atoms with Crippen molar-refractivity contribution in [3.8, 4) is 17.0 Å². The van der Waals surface area contributed by atoms with Crippen LogP contribution < -0.4 is 15.8 Å². The van der Waals surface area contributed by atoms with Gasteiger partial charge in [-0.15, -0.1) is 0 Å². The van der Waals surface area contributed by atoms with E-state index in [0.717, 1.165) is 37.2 Å². The summed E-state index contributed by atoms with van der Waals surface area (Å²) >= 11 is 7.48. The van der Waals surface area contributed by atoms with Gasteiger partial charge in [0.05, 0.1) is 12.8 Å². The number of nitrogens with two attached hydrogens (primary N) is 1. The maximum absolute atomic E-state index is 14.4. The second kappa shape index (κ2) is 12.7. The van der Waals surface area contributed by atoms with Crippen LogP contribution in [0.1, 0.15) is 52.5 Å². The van der Waals surface area contributed by atoms with Crippen molar-refractivity contribution in [2.75, 3.05) is 12.8 Å². The number of hydrogen-bond acceptors (Lipinski definition) is 6. The largest absolute Gasteiger partial charge is 0.497 e. The molecule has 1 atom stereocenters. The minimum absolute atomic E-state index is 0.0408. The summed E-state index contributed by atoms with van der Waals surface area (Å²) in [7, 11) is 1.57. The Morgan fingerprint density at radius 2 is 1.78 bits per heavy atom. The molecule has 0 bridgehead atoms. The van der Waals surface area contributed by atoms with Crippen LogP contribution in [0.15, 0.2) is 72.8 Å². The number of ether oxygens (including phenoxy) is 1. The molecule has 5 rings (SSSR count). The predicted molar refractivity (Wildman–Crippen MR) is 159 cm³/mol. The first kappa shape index (κ1) is 28.6. The molecule has 0 spiro atoms. The molecular weight excluding hydrogens is 563 g/mol. The average molecular weight is 593 g/mol. The zero-order chi connectivity index (χ0) is 28.9. The number of amides is 2. The van der Waals surface area contributed by atoms with Gasteiger partial charge in [0.2, 0.25) is 5.91 Å². The summed E-state index contributed by atoms with van der Waals surface area (Å²) in [5.41, 5.74) is 8.91. The van der Waals surface area contributed by atoms with Crippen LogP contribution >= 0.6 is 23.1 Å². The van der Waals surface area contributed by atoms with Gasteiger partial charge in [0.1, 0.15) is 28.2 Å². The van der Waals surface area contributed by atoms with E-state index in [0.29, 0.717) is 33.2 Å². The summed E-state index contributed by atoms with van der Waals surface area (Å²) in [6.45, 7) is 0.0521. The zero-order valence-electron chi connectivity index (χ0n) is 22.5. The molecule has 2 amide bonds.